The molecule has 0 spiro atoms. The van der Waals surface area contributed by atoms with E-state index in [4.69, 9.17) is 5.14 Å². The van der Waals surface area contributed by atoms with E-state index < -0.39 is 10.0 Å². The van der Waals surface area contributed by atoms with Crippen LogP contribution in [0.2, 0.25) is 0 Å². The molecular formula is C15H21N3O3S. The summed E-state index contributed by atoms with van der Waals surface area (Å²) >= 11 is 0. The maximum absolute atomic E-state index is 12.4. The van der Waals surface area contributed by atoms with Crippen LogP contribution < -0.4 is 10.5 Å². The Balaban J connectivity index is 1.66. The van der Waals surface area contributed by atoms with E-state index in [0.717, 1.165) is 19.4 Å². The van der Waals surface area contributed by atoms with Crippen LogP contribution >= 0.6 is 0 Å². The molecule has 0 radical (unpaired) electrons. The molecule has 2 fully saturated rings. The Morgan fingerprint density at radius 3 is 2.36 bits per heavy atom. The number of nitrogens with zero attached hydrogens (tertiary/aromatic N) is 1. The van der Waals surface area contributed by atoms with Crippen molar-refractivity contribution in [2.75, 3.05) is 11.9 Å². The lowest BCUT2D eigenvalue weighted by Gasteiger charge is -2.36. The van der Waals surface area contributed by atoms with Gasteiger partial charge in [0, 0.05) is 18.3 Å². The Bertz CT molecular complexity index is 653. The van der Waals surface area contributed by atoms with Gasteiger partial charge in [-0.1, -0.05) is 6.42 Å². The molecule has 1 aromatic rings. The zero-order chi connectivity index (χ0) is 15.7. The highest BCUT2D eigenvalue weighted by Gasteiger charge is 2.37. The number of likely N-dealkylation sites (tertiary alicyclic amines) is 1. The van der Waals surface area contributed by atoms with Crippen LogP contribution in [0.25, 0.3) is 0 Å². The second-order valence-corrected chi connectivity index (χ2v) is 7.65. The number of anilines is 1. The number of sulfonamides is 1. The minimum Gasteiger partial charge on any atom is -0.321 e. The summed E-state index contributed by atoms with van der Waals surface area (Å²) in [6, 6.07) is 6.18. The molecule has 1 aliphatic heterocycles. The number of carbonyl (C=O) groups excluding carboxylic acids is 1. The summed E-state index contributed by atoms with van der Waals surface area (Å²) in [5, 5.41) is 7.90. The van der Waals surface area contributed by atoms with Crippen molar-refractivity contribution in [3.05, 3.63) is 24.3 Å². The number of primary sulfonamides is 1. The Labute approximate surface area is 130 Å². The molecule has 22 heavy (non-hydrogen) atoms. The molecule has 1 aliphatic carbocycles. The van der Waals surface area contributed by atoms with Crippen molar-refractivity contribution in [1.82, 2.24) is 4.90 Å². The average molecular weight is 323 g/mol. The van der Waals surface area contributed by atoms with Crippen LogP contribution in [-0.2, 0) is 10.0 Å². The van der Waals surface area contributed by atoms with Gasteiger partial charge < -0.3 is 10.2 Å². The van der Waals surface area contributed by atoms with Crippen molar-refractivity contribution in [2.45, 2.75) is 43.0 Å². The molecule has 6 nitrogen and oxygen atoms in total. The van der Waals surface area contributed by atoms with Gasteiger partial charge in [0.25, 0.3) is 0 Å². The molecule has 0 aromatic heterocycles. The lowest BCUT2D eigenvalue weighted by Crippen LogP contribution is -2.44. The molecule has 1 saturated carbocycles. The van der Waals surface area contributed by atoms with E-state index in [1.807, 2.05) is 4.90 Å². The maximum atomic E-state index is 12.4. The number of urea groups is 1. The van der Waals surface area contributed by atoms with Crippen molar-refractivity contribution >= 4 is 21.7 Å². The smallest absolute Gasteiger partial charge is 0.321 e. The van der Waals surface area contributed by atoms with Crippen LogP contribution in [0.15, 0.2) is 29.2 Å². The average Bonchev–Trinajstić information content (AvgIpc) is 2.85. The number of amides is 2. The van der Waals surface area contributed by atoms with Gasteiger partial charge in [-0.3, -0.25) is 0 Å². The van der Waals surface area contributed by atoms with Crippen LogP contribution in [0.1, 0.15) is 32.1 Å². The highest BCUT2D eigenvalue weighted by molar-refractivity contribution is 7.89. The largest absolute Gasteiger partial charge is 0.322 e. The van der Waals surface area contributed by atoms with Gasteiger partial charge in [0.15, 0.2) is 0 Å². The summed E-state index contributed by atoms with van der Waals surface area (Å²) in [7, 11) is -3.70. The Morgan fingerprint density at radius 1 is 1.14 bits per heavy atom. The van der Waals surface area contributed by atoms with E-state index in [0.29, 0.717) is 17.6 Å². The van der Waals surface area contributed by atoms with E-state index >= 15 is 0 Å². The molecule has 3 rings (SSSR count). The number of nitrogens with one attached hydrogen (secondary N) is 1. The molecule has 2 aliphatic rings. The van der Waals surface area contributed by atoms with E-state index in [1.165, 1.54) is 31.4 Å². The highest BCUT2D eigenvalue weighted by Crippen LogP contribution is 2.37. The first-order valence-electron chi connectivity index (χ1n) is 7.65. The van der Waals surface area contributed by atoms with Crippen LogP contribution in [0.4, 0.5) is 10.5 Å². The third-order valence-corrected chi connectivity index (χ3v) is 5.62. The first-order chi connectivity index (χ1) is 10.4. The molecule has 3 N–H and O–H groups in total. The van der Waals surface area contributed by atoms with Gasteiger partial charge in [-0.2, -0.15) is 0 Å². The Hall–Kier alpha value is -1.60. The lowest BCUT2D eigenvalue weighted by molar-refractivity contribution is 0.148. The third-order valence-electron chi connectivity index (χ3n) is 4.69. The topological polar surface area (TPSA) is 92.5 Å². The van der Waals surface area contributed by atoms with Crippen LogP contribution in [0.3, 0.4) is 0 Å². The Morgan fingerprint density at radius 2 is 1.82 bits per heavy atom. The van der Waals surface area contributed by atoms with Crippen LogP contribution in [0, 0.1) is 5.92 Å². The molecule has 1 saturated heterocycles. The van der Waals surface area contributed by atoms with E-state index in [1.54, 1.807) is 12.1 Å². The molecule has 120 valence electrons. The molecule has 2 amide bonds. The summed E-state index contributed by atoms with van der Waals surface area (Å²) in [5.41, 5.74) is 0.580. The summed E-state index contributed by atoms with van der Waals surface area (Å²) < 4.78 is 22.4. The number of nitrogens with two attached hydrogens (primary N) is 1. The second kappa shape index (κ2) is 5.89. The molecule has 1 aromatic carbocycles. The fraction of sp³-hybridized carbons (Fsp3) is 0.533. The molecule has 1 atom stereocenters. The van der Waals surface area contributed by atoms with Crippen molar-refractivity contribution in [2.24, 2.45) is 11.1 Å². The molecule has 7 heteroatoms. The number of rotatable bonds is 3. The van der Waals surface area contributed by atoms with Gasteiger partial charge in [0.1, 0.15) is 0 Å². The van der Waals surface area contributed by atoms with Crippen LogP contribution in [-0.4, -0.2) is 31.9 Å². The summed E-state index contributed by atoms with van der Waals surface area (Å²) in [4.78, 5) is 14.4. The predicted octanol–water partition coefficient (Wildman–Crippen LogP) is 2.13. The highest BCUT2D eigenvalue weighted by atomic mass is 32.2. The number of hydrogen-bond acceptors (Lipinski definition) is 3. The van der Waals surface area contributed by atoms with Crippen molar-refractivity contribution in [3.8, 4) is 0 Å². The summed E-state index contributed by atoms with van der Waals surface area (Å²) in [5.74, 6) is 0.651. The molecule has 0 bridgehead atoms. The van der Waals surface area contributed by atoms with E-state index in [9.17, 15) is 13.2 Å². The minimum absolute atomic E-state index is 0.0408. The zero-order valence-corrected chi connectivity index (χ0v) is 13.2. The minimum atomic E-state index is -3.70. The van der Waals surface area contributed by atoms with Gasteiger partial charge in [-0.25, -0.2) is 18.4 Å². The maximum Gasteiger partial charge on any atom is 0.322 e. The first-order valence-corrected chi connectivity index (χ1v) is 9.20. The lowest BCUT2D eigenvalue weighted by atomic mass is 9.79. The second-order valence-electron chi connectivity index (χ2n) is 6.09. The van der Waals surface area contributed by atoms with Gasteiger partial charge in [-0.15, -0.1) is 0 Å². The van der Waals surface area contributed by atoms with Crippen LogP contribution in [0.5, 0.6) is 0 Å². The zero-order valence-electron chi connectivity index (χ0n) is 12.4. The van der Waals surface area contributed by atoms with E-state index in [-0.39, 0.29) is 10.9 Å². The fourth-order valence-corrected chi connectivity index (χ4v) is 3.80. The van der Waals surface area contributed by atoms with Gasteiger partial charge in [-0.05, 0) is 55.9 Å². The molecule has 1 heterocycles. The van der Waals surface area contributed by atoms with Gasteiger partial charge >= 0.3 is 6.03 Å². The standard InChI is InChI=1S/C15H21N3O3S/c16-22(20,21)13-8-6-12(7-9-13)17-15(19)18-10-2-5-14(18)11-3-1-4-11/h6-9,11,14H,1-5,10H2,(H,17,19)(H2,16,20,21). The van der Waals surface area contributed by atoms with Gasteiger partial charge in [0.2, 0.25) is 10.0 Å². The van der Waals surface area contributed by atoms with Crippen molar-refractivity contribution in [1.29, 1.82) is 0 Å². The monoisotopic (exact) mass is 323 g/mol. The number of benzene rings is 1. The summed E-state index contributed by atoms with van der Waals surface area (Å²) in [6.45, 7) is 0.794. The summed E-state index contributed by atoms with van der Waals surface area (Å²) in [6.07, 6.45) is 5.85. The quantitative estimate of drug-likeness (QED) is 0.892. The van der Waals surface area contributed by atoms with Crippen molar-refractivity contribution in [3.63, 3.8) is 0 Å². The van der Waals surface area contributed by atoms with Crippen molar-refractivity contribution < 1.29 is 13.2 Å². The molecule has 1 unspecified atom stereocenters. The molecular weight excluding hydrogens is 302 g/mol. The Kier molecular flexibility index (Phi) is 4.10. The SMILES string of the molecule is NS(=O)(=O)c1ccc(NC(=O)N2CCCC2C2CCC2)cc1. The number of carbonyl (C=O) groups is 1. The van der Waals surface area contributed by atoms with E-state index in [2.05, 4.69) is 5.32 Å². The first kappa shape index (κ1) is 15.3. The normalized spacial score (nSPS) is 22.4. The third kappa shape index (κ3) is 3.10. The van der Waals surface area contributed by atoms with Gasteiger partial charge in [0.05, 0.1) is 4.90 Å². The fourth-order valence-electron chi connectivity index (χ4n) is 3.28. The predicted molar refractivity (Wildman–Crippen MR) is 83.9 cm³/mol. The number of hydrogen-bond donors (Lipinski definition) is 2.